The third kappa shape index (κ3) is 2.99. The molecule has 2 N–H and O–H groups in total. The number of amides is 1. The third-order valence-electron chi connectivity index (χ3n) is 3.75. The van der Waals surface area contributed by atoms with E-state index in [1.165, 1.54) is 0 Å². The molecule has 0 aliphatic rings. The molecule has 0 unspecified atom stereocenters. The molecule has 0 saturated carbocycles. The van der Waals surface area contributed by atoms with Crippen molar-refractivity contribution in [2.24, 2.45) is 5.73 Å². The second-order valence-corrected chi connectivity index (χ2v) is 5.30. The molecular formula is C18H17N3O2. The van der Waals surface area contributed by atoms with Gasteiger partial charge in [-0.1, -0.05) is 42.4 Å². The normalized spacial score (nSPS) is 10.7. The minimum atomic E-state index is -0.408. The van der Waals surface area contributed by atoms with Gasteiger partial charge in [0.1, 0.15) is 0 Å². The molecule has 3 rings (SSSR count). The fraction of sp³-hybridized carbons (Fsp3) is 0.167. The first kappa shape index (κ1) is 15.0. The molecule has 0 bridgehead atoms. The quantitative estimate of drug-likeness (QED) is 0.801. The lowest BCUT2D eigenvalue weighted by molar-refractivity contribution is 0.1000. The molecule has 2 aromatic carbocycles. The zero-order valence-electron chi connectivity index (χ0n) is 13.0. The largest absolute Gasteiger partial charge is 0.366 e. The summed E-state index contributed by atoms with van der Waals surface area (Å²) < 4.78 is 5.00. The molecule has 3 aromatic rings. The molecule has 23 heavy (non-hydrogen) atoms. The van der Waals surface area contributed by atoms with Gasteiger partial charge in [0.2, 0.25) is 17.6 Å². The molecule has 1 heterocycles. The smallest absolute Gasteiger partial charge is 0.248 e. The number of nitrogens with two attached hydrogens (primary N) is 1. The van der Waals surface area contributed by atoms with Crippen molar-refractivity contribution in [1.29, 1.82) is 0 Å². The van der Waals surface area contributed by atoms with E-state index in [-0.39, 0.29) is 0 Å². The lowest BCUT2D eigenvalue weighted by Gasteiger charge is -2.10. The Morgan fingerprint density at radius 3 is 2.39 bits per heavy atom. The Balaban J connectivity index is 1.97. The Bertz CT molecular complexity index is 851. The zero-order valence-corrected chi connectivity index (χ0v) is 13.0. The van der Waals surface area contributed by atoms with E-state index in [2.05, 4.69) is 17.1 Å². The van der Waals surface area contributed by atoms with Crippen LogP contribution in [0.25, 0.3) is 22.5 Å². The summed E-state index contributed by atoms with van der Waals surface area (Å²) in [5.41, 5.74) is 10.0. The topological polar surface area (TPSA) is 82.0 Å². The summed E-state index contributed by atoms with van der Waals surface area (Å²) in [6, 6.07) is 13.5. The average molecular weight is 307 g/mol. The van der Waals surface area contributed by atoms with Crippen LogP contribution in [0.3, 0.4) is 0 Å². The van der Waals surface area contributed by atoms with Crippen LogP contribution >= 0.6 is 0 Å². The predicted molar refractivity (Wildman–Crippen MR) is 87.8 cm³/mol. The Labute approximate surface area is 134 Å². The molecule has 0 aliphatic carbocycles. The number of hydrogen-bond acceptors (Lipinski definition) is 4. The van der Waals surface area contributed by atoms with Crippen molar-refractivity contribution in [1.82, 2.24) is 10.1 Å². The van der Waals surface area contributed by atoms with Gasteiger partial charge in [0.05, 0.1) is 0 Å². The molecule has 0 fully saturated rings. The Morgan fingerprint density at radius 1 is 1.13 bits per heavy atom. The van der Waals surface area contributed by atoms with Crippen LogP contribution in [0.4, 0.5) is 0 Å². The van der Waals surface area contributed by atoms with E-state index in [0.29, 0.717) is 17.3 Å². The van der Waals surface area contributed by atoms with E-state index in [4.69, 9.17) is 10.3 Å². The van der Waals surface area contributed by atoms with Gasteiger partial charge in [-0.25, -0.2) is 0 Å². The molecule has 0 aliphatic heterocycles. The van der Waals surface area contributed by atoms with Crippen LogP contribution in [0.1, 0.15) is 28.7 Å². The number of aromatic nitrogens is 2. The lowest BCUT2D eigenvalue weighted by atomic mass is 9.95. The van der Waals surface area contributed by atoms with Crippen molar-refractivity contribution in [2.45, 2.75) is 20.3 Å². The summed E-state index contributed by atoms with van der Waals surface area (Å²) in [7, 11) is 0. The Hall–Kier alpha value is -2.95. The standard InChI is InChI=1S/C18H17N3O2/c1-3-12-10-15(17(19)22)8-9-16(12)13-4-6-14(7-5-13)18-20-11(2)23-21-18/h4-10H,3H2,1-2H3,(H2,19,22). The molecule has 5 heteroatoms. The van der Waals surface area contributed by atoms with Crippen molar-refractivity contribution in [3.05, 3.63) is 59.5 Å². The molecule has 0 radical (unpaired) electrons. The maximum atomic E-state index is 11.3. The van der Waals surface area contributed by atoms with Gasteiger partial charge >= 0.3 is 0 Å². The van der Waals surface area contributed by atoms with E-state index < -0.39 is 5.91 Å². The molecule has 5 nitrogen and oxygen atoms in total. The minimum absolute atomic E-state index is 0.408. The molecule has 116 valence electrons. The van der Waals surface area contributed by atoms with Crippen molar-refractivity contribution >= 4 is 5.91 Å². The van der Waals surface area contributed by atoms with Gasteiger partial charge in [0.15, 0.2) is 0 Å². The first-order valence-electron chi connectivity index (χ1n) is 7.42. The maximum absolute atomic E-state index is 11.3. The second-order valence-electron chi connectivity index (χ2n) is 5.30. The molecule has 0 saturated heterocycles. The number of primary amides is 1. The third-order valence-corrected chi connectivity index (χ3v) is 3.75. The van der Waals surface area contributed by atoms with Crippen LogP contribution in [0.2, 0.25) is 0 Å². The van der Waals surface area contributed by atoms with Crippen LogP contribution in [0.15, 0.2) is 47.0 Å². The fourth-order valence-corrected chi connectivity index (χ4v) is 2.54. The molecule has 1 aromatic heterocycles. The van der Waals surface area contributed by atoms with E-state index in [1.807, 2.05) is 36.4 Å². The van der Waals surface area contributed by atoms with Crippen LogP contribution in [0, 0.1) is 6.92 Å². The number of carbonyl (C=O) groups is 1. The van der Waals surface area contributed by atoms with E-state index in [1.54, 1.807) is 13.0 Å². The number of nitrogens with zero attached hydrogens (tertiary/aromatic N) is 2. The number of rotatable bonds is 4. The van der Waals surface area contributed by atoms with Gasteiger partial charge in [-0.05, 0) is 35.2 Å². The summed E-state index contributed by atoms with van der Waals surface area (Å²) in [6.45, 7) is 3.82. The summed E-state index contributed by atoms with van der Waals surface area (Å²) in [4.78, 5) is 15.5. The van der Waals surface area contributed by atoms with Crippen LogP contribution < -0.4 is 5.73 Å². The summed E-state index contributed by atoms with van der Waals surface area (Å²) in [5.74, 6) is 0.710. The first-order chi connectivity index (χ1) is 11.1. The van der Waals surface area contributed by atoms with Gasteiger partial charge in [-0.15, -0.1) is 0 Å². The van der Waals surface area contributed by atoms with Gasteiger partial charge in [0.25, 0.3) is 0 Å². The highest BCUT2D eigenvalue weighted by molar-refractivity contribution is 5.93. The highest BCUT2D eigenvalue weighted by atomic mass is 16.5. The fourth-order valence-electron chi connectivity index (χ4n) is 2.54. The maximum Gasteiger partial charge on any atom is 0.248 e. The molecule has 1 amide bonds. The Kier molecular flexibility index (Phi) is 3.93. The highest BCUT2D eigenvalue weighted by Gasteiger charge is 2.10. The van der Waals surface area contributed by atoms with Gasteiger partial charge in [-0.3, -0.25) is 4.79 Å². The van der Waals surface area contributed by atoms with Gasteiger partial charge in [-0.2, -0.15) is 4.98 Å². The number of carbonyl (C=O) groups excluding carboxylic acids is 1. The van der Waals surface area contributed by atoms with Crippen molar-refractivity contribution in [2.75, 3.05) is 0 Å². The minimum Gasteiger partial charge on any atom is -0.366 e. The first-order valence-corrected chi connectivity index (χ1v) is 7.42. The second kappa shape index (κ2) is 6.04. The average Bonchev–Trinajstić information content (AvgIpc) is 3.01. The molecular weight excluding hydrogens is 290 g/mol. The molecule has 0 spiro atoms. The van der Waals surface area contributed by atoms with Crippen LogP contribution in [-0.2, 0) is 6.42 Å². The zero-order chi connectivity index (χ0) is 16.4. The molecule has 0 atom stereocenters. The van der Waals surface area contributed by atoms with E-state index >= 15 is 0 Å². The van der Waals surface area contributed by atoms with E-state index in [0.717, 1.165) is 28.7 Å². The number of benzene rings is 2. The summed E-state index contributed by atoms with van der Waals surface area (Å²) >= 11 is 0. The van der Waals surface area contributed by atoms with Crippen LogP contribution in [0.5, 0.6) is 0 Å². The van der Waals surface area contributed by atoms with Gasteiger partial charge < -0.3 is 10.3 Å². The van der Waals surface area contributed by atoms with E-state index in [9.17, 15) is 4.79 Å². The summed E-state index contributed by atoms with van der Waals surface area (Å²) in [6.07, 6.45) is 0.822. The van der Waals surface area contributed by atoms with Crippen molar-refractivity contribution in [3.63, 3.8) is 0 Å². The number of aryl methyl sites for hydroxylation is 2. The van der Waals surface area contributed by atoms with Gasteiger partial charge in [0, 0.05) is 18.1 Å². The summed E-state index contributed by atoms with van der Waals surface area (Å²) in [5, 5.41) is 3.92. The van der Waals surface area contributed by atoms with Crippen LogP contribution in [-0.4, -0.2) is 16.0 Å². The predicted octanol–water partition coefficient (Wildman–Crippen LogP) is 3.37. The SMILES string of the molecule is CCc1cc(C(N)=O)ccc1-c1ccc(-c2noc(C)n2)cc1. The Morgan fingerprint density at radius 2 is 1.83 bits per heavy atom. The monoisotopic (exact) mass is 307 g/mol. The highest BCUT2D eigenvalue weighted by Crippen LogP contribution is 2.27. The van der Waals surface area contributed by atoms with Crippen molar-refractivity contribution < 1.29 is 9.32 Å². The number of hydrogen-bond donors (Lipinski definition) is 1. The lowest BCUT2D eigenvalue weighted by Crippen LogP contribution is -2.11. The van der Waals surface area contributed by atoms with Crippen molar-refractivity contribution in [3.8, 4) is 22.5 Å².